The Kier molecular flexibility index (Phi) is 4.91. The van der Waals surface area contributed by atoms with Gasteiger partial charge in [0.05, 0.1) is 24.5 Å². The van der Waals surface area contributed by atoms with Crippen LogP contribution < -0.4 is 5.73 Å². The van der Waals surface area contributed by atoms with Crippen LogP contribution in [0.1, 0.15) is 36.4 Å². The van der Waals surface area contributed by atoms with Gasteiger partial charge in [0.25, 0.3) is 0 Å². The molecular weight excluding hydrogens is 236 g/mol. The van der Waals surface area contributed by atoms with E-state index in [1.54, 1.807) is 18.4 Å². The minimum absolute atomic E-state index is 0.316. The molecule has 0 aliphatic heterocycles. The van der Waals surface area contributed by atoms with Gasteiger partial charge >= 0.3 is 0 Å². The van der Waals surface area contributed by atoms with Gasteiger partial charge in [-0.2, -0.15) is 0 Å². The first kappa shape index (κ1) is 13.0. The van der Waals surface area contributed by atoms with Gasteiger partial charge in [-0.3, -0.25) is 0 Å². The Labute approximate surface area is 106 Å². The molecule has 0 bridgehead atoms. The van der Waals surface area contributed by atoms with Crippen LogP contribution in [0.5, 0.6) is 0 Å². The number of nitrogens with zero attached hydrogens (tertiary/aromatic N) is 1. The molecule has 0 amide bonds. The fourth-order valence-corrected chi connectivity index (χ4v) is 2.84. The van der Waals surface area contributed by atoms with Gasteiger partial charge in [0.1, 0.15) is 5.01 Å². The molecule has 1 aromatic rings. The lowest BCUT2D eigenvalue weighted by atomic mass is 9.95. The Bertz CT molecular complexity index is 343. The molecule has 0 aromatic carbocycles. The van der Waals surface area contributed by atoms with Crippen molar-refractivity contribution in [3.8, 4) is 0 Å². The Morgan fingerprint density at radius 2 is 2.29 bits per heavy atom. The molecule has 5 heteroatoms. The summed E-state index contributed by atoms with van der Waals surface area (Å²) in [6.07, 6.45) is 5.16. The molecule has 2 N–H and O–H groups in total. The van der Waals surface area contributed by atoms with Crippen molar-refractivity contribution in [1.29, 1.82) is 0 Å². The third kappa shape index (κ3) is 3.74. The lowest BCUT2D eigenvalue weighted by molar-refractivity contribution is -0.0371. The molecule has 17 heavy (non-hydrogen) atoms. The number of methoxy groups -OCH3 is 1. The van der Waals surface area contributed by atoms with E-state index in [0.29, 0.717) is 25.4 Å². The highest BCUT2D eigenvalue weighted by Crippen LogP contribution is 2.24. The van der Waals surface area contributed by atoms with Crippen LogP contribution in [-0.4, -0.2) is 24.3 Å². The van der Waals surface area contributed by atoms with Crippen molar-refractivity contribution in [3.63, 3.8) is 0 Å². The second-order valence-electron chi connectivity index (χ2n) is 4.39. The summed E-state index contributed by atoms with van der Waals surface area (Å²) in [6.45, 7) is 1.11. The first-order chi connectivity index (χ1) is 8.31. The molecule has 0 spiro atoms. The van der Waals surface area contributed by atoms with Crippen LogP contribution >= 0.6 is 11.3 Å². The highest BCUT2D eigenvalue weighted by Gasteiger charge is 2.22. The Morgan fingerprint density at radius 3 is 3.00 bits per heavy atom. The third-order valence-electron chi connectivity index (χ3n) is 3.15. The Balaban J connectivity index is 1.77. The van der Waals surface area contributed by atoms with E-state index >= 15 is 0 Å². The number of hydrogen-bond donors (Lipinski definition) is 1. The van der Waals surface area contributed by atoms with Gasteiger partial charge in [-0.25, -0.2) is 4.98 Å². The number of hydrogen-bond acceptors (Lipinski definition) is 5. The topological polar surface area (TPSA) is 57.4 Å². The zero-order chi connectivity index (χ0) is 12.1. The summed E-state index contributed by atoms with van der Waals surface area (Å²) in [7, 11) is 1.78. The molecule has 4 nitrogen and oxygen atoms in total. The minimum atomic E-state index is 0.316. The van der Waals surface area contributed by atoms with Crippen molar-refractivity contribution in [2.75, 3.05) is 7.11 Å². The van der Waals surface area contributed by atoms with Gasteiger partial charge in [-0.05, 0) is 25.7 Å². The van der Waals surface area contributed by atoms with Crippen LogP contribution in [0.15, 0.2) is 5.38 Å². The van der Waals surface area contributed by atoms with E-state index in [0.717, 1.165) is 30.0 Å². The van der Waals surface area contributed by atoms with Crippen molar-refractivity contribution in [1.82, 2.24) is 4.98 Å². The van der Waals surface area contributed by atoms with Crippen LogP contribution in [0, 0.1) is 0 Å². The summed E-state index contributed by atoms with van der Waals surface area (Å²) in [4.78, 5) is 4.39. The van der Waals surface area contributed by atoms with Gasteiger partial charge < -0.3 is 15.2 Å². The first-order valence-corrected chi connectivity index (χ1v) is 6.97. The molecule has 1 heterocycles. The summed E-state index contributed by atoms with van der Waals surface area (Å²) in [5, 5.41) is 3.00. The van der Waals surface area contributed by atoms with Crippen molar-refractivity contribution < 1.29 is 9.47 Å². The summed E-state index contributed by atoms with van der Waals surface area (Å²) in [5.41, 5.74) is 6.52. The minimum Gasteiger partial charge on any atom is -0.381 e. The molecule has 2 unspecified atom stereocenters. The fourth-order valence-electron chi connectivity index (χ4n) is 2.18. The molecule has 1 aliphatic carbocycles. The van der Waals surface area contributed by atoms with Gasteiger partial charge in [0.15, 0.2) is 0 Å². The predicted octanol–water partition coefficient (Wildman–Crippen LogP) is 2.08. The van der Waals surface area contributed by atoms with E-state index in [4.69, 9.17) is 15.2 Å². The quantitative estimate of drug-likeness (QED) is 0.876. The maximum absolute atomic E-state index is 5.88. The van der Waals surface area contributed by atoms with E-state index in [1.807, 2.05) is 5.38 Å². The van der Waals surface area contributed by atoms with Crippen LogP contribution in [0.3, 0.4) is 0 Å². The van der Waals surface area contributed by atoms with Crippen LogP contribution in [0.2, 0.25) is 0 Å². The second kappa shape index (κ2) is 6.44. The molecule has 1 fully saturated rings. The van der Waals surface area contributed by atoms with E-state index in [1.165, 1.54) is 6.42 Å². The number of aromatic nitrogens is 1. The molecule has 1 saturated carbocycles. The van der Waals surface area contributed by atoms with E-state index in [-0.39, 0.29) is 0 Å². The van der Waals surface area contributed by atoms with Crippen molar-refractivity contribution in [3.05, 3.63) is 16.1 Å². The molecule has 2 atom stereocenters. The van der Waals surface area contributed by atoms with E-state index in [9.17, 15) is 0 Å². The average Bonchev–Trinajstić information content (AvgIpc) is 2.84. The van der Waals surface area contributed by atoms with Crippen LogP contribution in [0.25, 0.3) is 0 Å². The first-order valence-electron chi connectivity index (χ1n) is 6.09. The normalized spacial score (nSPS) is 25.1. The number of nitrogens with two attached hydrogens (primary N) is 1. The molecule has 0 saturated heterocycles. The number of ether oxygens (including phenoxy) is 2. The lowest BCUT2D eigenvalue weighted by Gasteiger charge is -2.27. The maximum atomic E-state index is 5.88. The Morgan fingerprint density at radius 1 is 1.47 bits per heavy atom. The van der Waals surface area contributed by atoms with E-state index < -0.39 is 0 Å². The van der Waals surface area contributed by atoms with Crippen molar-refractivity contribution in [2.24, 2.45) is 5.73 Å². The second-order valence-corrected chi connectivity index (χ2v) is 5.34. The summed E-state index contributed by atoms with van der Waals surface area (Å²) in [5.74, 6) is 0. The summed E-state index contributed by atoms with van der Waals surface area (Å²) in [6, 6.07) is 0. The van der Waals surface area contributed by atoms with Crippen LogP contribution in [0.4, 0.5) is 0 Å². The maximum Gasteiger partial charge on any atom is 0.107 e. The van der Waals surface area contributed by atoms with Gasteiger partial charge in [0.2, 0.25) is 0 Å². The Hall–Kier alpha value is -0.490. The van der Waals surface area contributed by atoms with Gasteiger partial charge in [-0.15, -0.1) is 11.3 Å². The smallest absolute Gasteiger partial charge is 0.107 e. The number of rotatable bonds is 5. The van der Waals surface area contributed by atoms with Gasteiger partial charge in [-0.1, -0.05) is 0 Å². The zero-order valence-electron chi connectivity index (χ0n) is 10.2. The molecule has 2 rings (SSSR count). The highest BCUT2D eigenvalue weighted by molar-refractivity contribution is 7.09. The molecule has 96 valence electrons. The van der Waals surface area contributed by atoms with Crippen LogP contribution in [-0.2, 0) is 22.6 Å². The molecule has 0 radical (unpaired) electrons. The standard InChI is InChI=1S/C12H20N2O2S/c1-15-10-3-2-4-11(5-10)16-7-9-8-17-12(6-13)14-9/h8,10-11H,2-7,13H2,1H3. The van der Waals surface area contributed by atoms with Gasteiger partial charge in [0, 0.05) is 19.0 Å². The summed E-state index contributed by atoms with van der Waals surface area (Å²) >= 11 is 1.60. The third-order valence-corrected chi connectivity index (χ3v) is 4.07. The molecular formula is C12H20N2O2S. The zero-order valence-corrected chi connectivity index (χ0v) is 11.0. The van der Waals surface area contributed by atoms with Crippen molar-refractivity contribution >= 4 is 11.3 Å². The van der Waals surface area contributed by atoms with E-state index in [2.05, 4.69) is 4.98 Å². The predicted molar refractivity (Wildman–Crippen MR) is 67.8 cm³/mol. The lowest BCUT2D eigenvalue weighted by Crippen LogP contribution is -2.27. The largest absolute Gasteiger partial charge is 0.381 e. The highest BCUT2D eigenvalue weighted by atomic mass is 32.1. The molecule has 1 aliphatic rings. The molecule has 1 aromatic heterocycles. The monoisotopic (exact) mass is 256 g/mol. The average molecular weight is 256 g/mol. The SMILES string of the molecule is COC1CCCC(OCc2csc(CN)n2)C1. The van der Waals surface area contributed by atoms with Crippen molar-refractivity contribution in [2.45, 2.75) is 51.0 Å². The number of thiazole rings is 1. The summed E-state index contributed by atoms with van der Waals surface area (Å²) < 4.78 is 11.3. The fraction of sp³-hybridized carbons (Fsp3) is 0.750.